The Labute approximate surface area is 103 Å². The van der Waals surface area contributed by atoms with Crippen LogP contribution >= 0.6 is 0 Å². The summed E-state index contributed by atoms with van der Waals surface area (Å²) in [6, 6.07) is 4.01. The predicted molar refractivity (Wildman–Crippen MR) is 67.4 cm³/mol. The third-order valence-electron chi connectivity index (χ3n) is 3.25. The van der Waals surface area contributed by atoms with Crippen LogP contribution in [0.3, 0.4) is 0 Å². The second kappa shape index (κ2) is 6.10. The van der Waals surface area contributed by atoms with E-state index in [4.69, 9.17) is 10.5 Å². The van der Waals surface area contributed by atoms with Gasteiger partial charge in [0.05, 0.1) is 18.4 Å². The van der Waals surface area contributed by atoms with Crippen LogP contribution in [-0.4, -0.2) is 36.1 Å². The molecule has 17 heavy (non-hydrogen) atoms. The fourth-order valence-electron chi connectivity index (χ4n) is 2.02. The van der Waals surface area contributed by atoms with Crippen molar-refractivity contribution in [2.24, 2.45) is 5.73 Å². The van der Waals surface area contributed by atoms with E-state index in [0.717, 1.165) is 37.2 Å². The number of hydrogen-bond acceptors (Lipinski definition) is 4. The SMILES string of the molecule is CN1CCC(OCc2ccc(CN)cn2)CC1. The van der Waals surface area contributed by atoms with Gasteiger partial charge in [0.15, 0.2) is 0 Å². The first-order valence-corrected chi connectivity index (χ1v) is 6.22. The van der Waals surface area contributed by atoms with Gasteiger partial charge in [-0.15, -0.1) is 0 Å². The number of nitrogens with zero attached hydrogens (tertiary/aromatic N) is 2. The predicted octanol–water partition coefficient (Wildman–Crippen LogP) is 1.15. The van der Waals surface area contributed by atoms with E-state index in [9.17, 15) is 0 Å². The van der Waals surface area contributed by atoms with Crippen molar-refractivity contribution in [3.05, 3.63) is 29.6 Å². The zero-order chi connectivity index (χ0) is 12.1. The summed E-state index contributed by atoms with van der Waals surface area (Å²) in [7, 11) is 2.16. The van der Waals surface area contributed by atoms with Gasteiger partial charge < -0.3 is 15.4 Å². The van der Waals surface area contributed by atoms with Gasteiger partial charge in [-0.05, 0) is 31.5 Å². The first-order valence-electron chi connectivity index (χ1n) is 6.22. The van der Waals surface area contributed by atoms with Gasteiger partial charge in [0.25, 0.3) is 0 Å². The van der Waals surface area contributed by atoms with Crippen LogP contribution in [0.25, 0.3) is 0 Å². The van der Waals surface area contributed by atoms with E-state index in [-0.39, 0.29) is 0 Å². The number of likely N-dealkylation sites (tertiary alicyclic amines) is 1. The van der Waals surface area contributed by atoms with Crippen LogP contribution in [0.5, 0.6) is 0 Å². The Hall–Kier alpha value is -0.970. The van der Waals surface area contributed by atoms with Gasteiger partial charge >= 0.3 is 0 Å². The molecule has 1 aliphatic heterocycles. The van der Waals surface area contributed by atoms with Crippen molar-refractivity contribution >= 4 is 0 Å². The molecule has 1 aromatic heterocycles. The van der Waals surface area contributed by atoms with Crippen molar-refractivity contribution in [3.8, 4) is 0 Å². The molecule has 0 saturated carbocycles. The van der Waals surface area contributed by atoms with Gasteiger partial charge in [-0.2, -0.15) is 0 Å². The maximum absolute atomic E-state index is 5.87. The smallest absolute Gasteiger partial charge is 0.0891 e. The summed E-state index contributed by atoms with van der Waals surface area (Å²) in [6.45, 7) is 3.41. The lowest BCUT2D eigenvalue weighted by Gasteiger charge is -2.28. The number of hydrogen-bond donors (Lipinski definition) is 1. The van der Waals surface area contributed by atoms with Crippen LogP contribution in [0.4, 0.5) is 0 Å². The molecule has 0 radical (unpaired) electrons. The van der Waals surface area contributed by atoms with Crippen LogP contribution in [0.2, 0.25) is 0 Å². The highest BCUT2D eigenvalue weighted by Crippen LogP contribution is 2.13. The molecule has 2 heterocycles. The quantitative estimate of drug-likeness (QED) is 0.850. The lowest BCUT2D eigenvalue weighted by Crippen LogP contribution is -2.34. The molecule has 1 fully saturated rings. The molecule has 0 bridgehead atoms. The van der Waals surface area contributed by atoms with E-state index < -0.39 is 0 Å². The molecule has 0 aliphatic carbocycles. The van der Waals surface area contributed by atoms with E-state index in [1.807, 2.05) is 18.3 Å². The Balaban J connectivity index is 1.77. The monoisotopic (exact) mass is 235 g/mol. The molecular weight excluding hydrogens is 214 g/mol. The summed E-state index contributed by atoms with van der Waals surface area (Å²) in [4.78, 5) is 6.67. The van der Waals surface area contributed by atoms with Crippen molar-refractivity contribution < 1.29 is 4.74 Å². The van der Waals surface area contributed by atoms with Gasteiger partial charge in [0.2, 0.25) is 0 Å². The van der Waals surface area contributed by atoms with Gasteiger partial charge in [-0.3, -0.25) is 4.98 Å². The van der Waals surface area contributed by atoms with Gasteiger partial charge in [0, 0.05) is 25.8 Å². The van der Waals surface area contributed by atoms with Crippen molar-refractivity contribution in [2.45, 2.75) is 32.1 Å². The van der Waals surface area contributed by atoms with Crippen molar-refractivity contribution in [2.75, 3.05) is 20.1 Å². The summed E-state index contributed by atoms with van der Waals surface area (Å²) in [5, 5.41) is 0. The molecule has 2 rings (SSSR count). The Morgan fingerprint density at radius 2 is 2.18 bits per heavy atom. The lowest BCUT2D eigenvalue weighted by molar-refractivity contribution is 0.000749. The first-order chi connectivity index (χ1) is 8.28. The van der Waals surface area contributed by atoms with Crippen LogP contribution in [-0.2, 0) is 17.9 Å². The molecule has 1 saturated heterocycles. The van der Waals surface area contributed by atoms with Gasteiger partial charge in [0.1, 0.15) is 0 Å². The highest BCUT2D eigenvalue weighted by molar-refractivity contribution is 5.13. The third-order valence-corrected chi connectivity index (χ3v) is 3.25. The maximum atomic E-state index is 5.87. The molecule has 0 atom stereocenters. The fraction of sp³-hybridized carbons (Fsp3) is 0.615. The maximum Gasteiger partial charge on any atom is 0.0891 e. The molecule has 0 unspecified atom stereocenters. The minimum Gasteiger partial charge on any atom is -0.372 e. The number of aromatic nitrogens is 1. The highest BCUT2D eigenvalue weighted by atomic mass is 16.5. The summed E-state index contributed by atoms with van der Waals surface area (Å²) < 4.78 is 5.87. The normalized spacial score (nSPS) is 18.5. The number of piperidine rings is 1. The molecule has 0 aromatic carbocycles. The summed E-state index contributed by atoms with van der Waals surface area (Å²) in [5.74, 6) is 0. The van der Waals surface area contributed by atoms with Crippen molar-refractivity contribution in [3.63, 3.8) is 0 Å². The van der Waals surface area contributed by atoms with Crippen LogP contribution in [0.1, 0.15) is 24.1 Å². The second-order valence-corrected chi connectivity index (χ2v) is 4.68. The minimum atomic E-state index is 0.391. The number of pyridine rings is 1. The molecule has 1 aliphatic rings. The van der Waals surface area contributed by atoms with Gasteiger partial charge in [-0.25, -0.2) is 0 Å². The fourth-order valence-corrected chi connectivity index (χ4v) is 2.02. The standard InChI is InChI=1S/C13H21N3O/c1-16-6-4-13(5-7-16)17-10-12-3-2-11(8-14)9-15-12/h2-3,9,13H,4-8,10,14H2,1H3. The number of ether oxygens (including phenoxy) is 1. The Morgan fingerprint density at radius 3 is 2.76 bits per heavy atom. The molecule has 94 valence electrons. The second-order valence-electron chi connectivity index (χ2n) is 4.68. The Morgan fingerprint density at radius 1 is 1.41 bits per heavy atom. The lowest BCUT2D eigenvalue weighted by atomic mass is 10.1. The van der Waals surface area contributed by atoms with E-state index >= 15 is 0 Å². The first kappa shape index (κ1) is 12.5. The van der Waals surface area contributed by atoms with Crippen LogP contribution < -0.4 is 5.73 Å². The van der Waals surface area contributed by atoms with Crippen LogP contribution in [0, 0.1) is 0 Å². The minimum absolute atomic E-state index is 0.391. The van der Waals surface area contributed by atoms with E-state index in [1.54, 1.807) is 0 Å². The highest BCUT2D eigenvalue weighted by Gasteiger charge is 2.16. The molecule has 0 amide bonds. The average molecular weight is 235 g/mol. The van der Waals surface area contributed by atoms with Crippen molar-refractivity contribution in [1.82, 2.24) is 9.88 Å². The average Bonchev–Trinajstić information content (AvgIpc) is 2.39. The van der Waals surface area contributed by atoms with E-state index in [1.165, 1.54) is 0 Å². The zero-order valence-electron chi connectivity index (χ0n) is 10.4. The summed E-state index contributed by atoms with van der Waals surface area (Å²) in [5.41, 5.74) is 7.58. The molecule has 2 N–H and O–H groups in total. The zero-order valence-corrected chi connectivity index (χ0v) is 10.4. The molecule has 4 nitrogen and oxygen atoms in total. The molecule has 0 spiro atoms. The number of nitrogens with two attached hydrogens (primary N) is 1. The molecular formula is C13H21N3O. The third kappa shape index (κ3) is 3.77. The van der Waals surface area contributed by atoms with E-state index in [2.05, 4.69) is 16.9 Å². The Bertz CT molecular complexity index is 331. The van der Waals surface area contributed by atoms with Gasteiger partial charge in [-0.1, -0.05) is 6.07 Å². The van der Waals surface area contributed by atoms with Crippen molar-refractivity contribution in [1.29, 1.82) is 0 Å². The largest absolute Gasteiger partial charge is 0.372 e. The molecule has 4 heteroatoms. The van der Waals surface area contributed by atoms with Crippen LogP contribution in [0.15, 0.2) is 18.3 Å². The topological polar surface area (TPSA) is 51.4 Å². The molecule has 1 aromatic rings. The summed E-state index contributed by atoms with van der Waals surface area (Å²) >= 11 is 0. The summed E-state index contributed by atoms with van der Waals surface area (Å²) in [6.07, 6.45) is 4.46. The van der Waals surface area contributed by atoms with E-state index in [0.29, 0.717) is 19.3 Å². The Kier molecular flexibility index (Phi) is 4.48. The number of rotatable bonds is 4.